The van der Waals surface area contributed by atoms with E-state index in [4.69, 9.17) is 0 Å². The molecule has 1 amide bonds. The third-order valence-electron chi connectivity index (χ3n) is 3.79. The van der Waals surface area contributed by atoms with E-state index in [1.165, 1.54) is 0 Å². The highest BCUT2D eigenvalue weighted by Crippen LogP contribution is 2.37. The van der Waals surface area contributed by atoms with E-state index in [2.05, 4.69) is 16.4 Å². The molecule has 1 aromatic heterocycles. The minimum atomic E-state index is -0.746. The van der Waals surface area contributed by atoms with Crippen molar-refractivity contribution in [2.45, 2.75) is 45.1 Å². The molecule has 1 aromatic rings. The Morgan fingerprint density at radius 1 is 1.42 bits per heavy atom. The van der Waals surface area contributed by atoms with Crippen LogP contribution in [0, 0.1) is 16.7 Å². The lowest BCUT2D eigenvalue weighted by atomic mass is 9.87. The quantitative estimate of drug-likeness (QED) is 0.794. The molecular formula is C14H20N4O. The molecule has 2 rings (SSSR count). The number of imidazole rings is 1. The average Bonchev–Trinajstić information content (AvgIpc) is 3.10. The standard InChI is InChI=1S/C14H20N4O/c15-11-14(5-1-2-6-14)13(19)17-7-3-4-9-18-10-8-16-12-18/h8,10,12H,1-7,9H2,(H,17,19). The highest BCUT2D eigenvalue weighted by Gasteiger charge is 2.41. The number of nitrogens with one attached hydrogen (secondary N) is 1. The number of hydrogen-bond acceptors (Lipinski definition) is 3. The summed E-state index contributed by atoms with van der Waals surface area (Å²) in [5, 5.41) is 12.1. The number of rotatable bonds is 6. The summed E-state index contributed by atoms with van der Waals surface area (Å²) in [5.74, 6) is -0.0740. The van der Waals surface area contributed by atoms with Crippen LogP contribution in [0.4, 0.5) is 0 Å². The van der Waals surface area contributed by atoms with E-state index in [1.54, 1.807) is 12.5 Å². The molecule has 102 valence electrons. The van der Waals surface area contributed by atoms with Crippen molar-refractivity contribution in [1.29, 1.82) is 5.26 Å². The monoisotopic (exact) mass is 260 g/mol. The van der Waals surface area contributed by atoms with Crippen LogP contribution in [0.1, 0.15) is 38.5 Å². The van der Waals surface area contributed by atoms with Gasteiger partial charge >= 0.3 is 0 Å². The van der Waals surface area contributed by atoms with Gasteiger partial charge in [-0.15, -0.1) is 0 Å². The molecule has 0 aliphatic heterocycles. The molecule has 0 spiro atoms. The molecule has 5 nitrogen and oxygen atoms in total. The molecule has 1 aliphatic rings. The van der Waals surface area contributed by atoms with Gasteiger partial charge in [-0.1, -0.05) is 12.8 Å². The van der Waals surface area contributed by atoms with Crippen molar-refractivity contribution in [3.63, 3.8) is 0 Å². The van der Waals surface area contributed by atoms with Gasteiger partial charge in [0.2, 0.25) is 5.91 Å². The fourth-order valence-electron chi connectivity index (χ4n) is 2.58. The fourth-order valence-corrected chi connectivity index (χ4v) is 2.58. The minimum Gasteiger partial charge on any atom is -0.355 e. The molecule has 19 heavy (non-hydrogen) atoms. The zero-order chi connectivity index (χ0) is 13.6. The summed E-state index contributed by atoms with van der Waals surface area (Å²) in [6.07, 6.45) is 10.8. The Balaban J connectivity index is 1.65. The topological polar surface area (TPSA) is 70.7 Å². The van der Waals surface area contributed by atoms with Crippen LogP contribution in [0.5, 0.6) is 0 Å². The second-order valence-electron chi connectivity index (χ2n) is 5.16. The van der Waals surface area contributed by atoms with Crippen molar-refractivity contribution in [2.75, 3.05) is 6.54 Å². The maximum Gasteiger partial charge on any atom is 0.240 e. The molecule has 5 heteroatoms. The first kappa shape index (κ1) is 13.6. The summed E-state index contributed by atoms with van der Waals surface area (Å²) in [6.45, 7) is 1.57. The average molecular weight is 260 g/mol. The smallest absolute Gasteiger partial charge is 0.240 e. The van der Waals surface area contributed by atoms with E-state index in [0.717, 1.165) is 32.2 Å². The zero-order valence-electron chi connectivity index (χ0n) is 11.1. The van der Waals surface area contributed by atoms with Gasteiger partial charge in [0.05, 0.1) is 12.4 Å². The Labute approximate surface area is 113 Å². The van der Waals surface area contributed by atoms with Crippen LogP contribution >= 0.6 is 0 Å². The van der Waals surface area contributed by atoms with Gasteiger partial charge in [0, 0.05) is 25.5 Å². The SMILES string of the molecule is N#CC1(C(=O)NCCCCn2ccnc2)CCCC1. The van der Waals surface area contributed by atoms with E-state index in [1.807, 2.05) is 10.8 Å². The predicted octanol–water partition coefficient (Wildman–Crippen LogP) is 1.86. The van der Waals surface area contributed by atoms with Crippen molar-refractivity contribution in [3.8, 4) is 6.07 Å². The first-order valence-electron chi connectivity index (χ1n) is 6.92. The summed E-state index contributed by atoms with van der Waals surface area (Å²) in [4.78, 5) is 16.0. The second kappa shape index (κ2) is 6.37. The van der Waals surface area contributed by atoms with Crippen LogP contribution < -0.4 is 5.32 Å². The Hall–Kier alpha value is -1.83. The lowest BCUT2D eigenvalue weighted by molar-refractivity contribution is -0.127. The third-order valence-corrected chi connectivity index (χ3v) is 3.79. The van der Waals surface area contributed by atoms with Crippen LogP contribution in [-0.2, 0) is 11.3 Å². The number of hydrogen-bond donors (Lipinski definition) is 1. The summed E-state index contributed by atoms with van der Waals surface area (Å²) >= 11 is 0. The Bertz CT molecular complexity index is 441. The van der Waals surface area contributed by atoms with Gasteiger partial charge in [0.15, 0.2) is 0 Å². The summed E-state index contributed by atoms with van der Waals surface area (Å²) < 4.78 is 2.02. The molecule has 0 aromatic carbocycles. The fraction of sp³-hybridized carbons (Fsp3) is 0.643. The molecule has 1 fully saturated rings. The molecule has 0 radical (unpaired) electrons. The number of nitrogens with zero attached hydrogens (tertiary/aromatic N) is 3. The van der Waals surface area contributed by atoms with Crippen LogP contribution in [0.25, 0.3) is 0 Å². The van der Waals surface area contributed by atoms with Crippen LogP contribution in [0.3, 0.4) is 0 Å². The summed E-state index contributed by atoms with van der Waals surface area (Å²) in [7, 11) is 0. The number of amides is 1. The van der Waals surface area contributed by atoms with Crippen LogP contribution in [0.2, 0.25) is 0 Å². The molecule has 1 aliphatic carbocycles. The van der Waals surface area contributed by atoms with Crippen LogP contribution in [-0.4, -0.2) is 22.0 Å². The highest BCUT2D eigenvalue weighted by molar-refractivity contribution is 5.85. The molecule has 1 saturated carbocycles. The normalized spacial score (nSPS) is 17.0. The maximum absolute atomic E-state index is 12.0. The van der Waals surface area contributed by atoms with Crippen molar-refractivity contribution in [3.05, 3.63) is 18.7 Å². The molecule has 1 heterocycles. The van der Waals surface area contributed by atoms with Gasteiger partial charge in [-0.2, -0.15) is 5.26 Å². The van der Waals surface area contributed by atoms with Crippen molar-refractivity contribution in [1.82, 2.24) is 14.9 Å². The number of aryl methyl sites for hydroxylation is 1. The first-order chi connectivity index (χ1) is 9.27. The molecule has 0 atom stereocenters. The number of nitriles is 1. The number of carbonyl (C=O) groups is 1. The van der Waals surface area contributed by atoms with Gasteiger partial charge in [-0.25, -0.2) is 4.98 Å². The van der Waals surface area contributed by atoms with Gasteiger partial charge in [-0.3, -0.25) is 4.79 Å². The van der Waals surface area contributed by atoms with Crippen molar-refractivity contribution >= 4 is 5.91 Å². The Morgan fingerprint density at radius 3 is 2.84 bits per heavy atom. The van der Waals surface area contributed by atoms with Crippen LogP contribution in [0.15, 0.2) is 18.7 Å². The lowest BCUT2D eigenvalue weighted by Gasteiger charge is -2.19. The first-order valence-corrected chi connectivity index (χ1v) is 6.92. The third kappa shape index (κ3) is 3.34. The summed E-state index contributed by atoms with van der Waals surface area (Å²) in [5.41, 5.74) is -0.746. The van der Waals surface area contributed by atoms with E-state index in [9.17, 15) is 10.1 Å². The molecular weight excluding hydrogens is 240 g/mol. The maximum atomic E-state index is 12.0. The van der Waals surface area contributed by atoms with Gasteiger partial charge < -0.3 is 9.88 Å². The predicted molar refractivity (Wildman–Crippen MR) is 71.0 cm³/mol. The van der Waals surface area contributed by atoms with E-state index in [-0.39, 0.29) is 5.91 Å². The Morgan fingerprint density at radius 2 is 2.21 bits per heavy atom. The largest absolute Gasteiger partial charge is 0.355 e. The number of unbranched alkanes of at least 4 members (excludes halogenated alkanes) is 1. The summed E-state index contributed by atoms with van der Waals surface area (Å²) in [6, 6.07) is 2.22. The molecule has 0 saturated heterocycles. The number of carbonyl (C=O) groups excluding carboxylic acids is 1. The minimum absolute atomic E-state index is 0.0740. The van der Waals surface area contributed by atoms with Gasteiger partial charge in [-0.05, 0) is 25.7 Å². The van der Waals surface area contributed by atoms with E-state index in [0.29, 0.717) is 19.4 Å². The van der Waals surface area contributed by atoms with E-state index >= 15 is 0 Å². The zero-order valence-corrected chi connectivity index (χ0v) is 11.1. The van der Waals surface area contributed by atoms with Gasteiger partial charge in [0.25, 0.3) is 0 Å². The molecule has 0 bridgehead atoms. The lowest BCUT2D eigenvalue weighted by Crippen LogP contribution is -2.38. The van der Waals surface area contributed by atoms with Gasteiger partial charge in [0.1, 0.15) is 5.41 Å². The highest BCUT2D eigenvalue weighted by atomic mass is 16.2. The molecule has 1 N–H and O–H groups in total. The Kier molecular flexibility index (Phi) is 4.56. The van der Waals surface area contributed by atoms with Crippen molar-refractivity contribution in [2.24, 2.45) is 5.41 Å². The van der Waals surface area contributed by atoms with Crippen molar-refractivity contribution < 1.29 is 4.79 Å². The second-order valence-corrected chi connectivity index (χ2v) is 5.16. The molecule has 0 unspecified atom stereocenters. The van der Waals surface area contributed by atoms with E-state index < -0.39 is 5.41 Å². The number of aromatic nitrogens is 2.